The van der Waals surface area contributed by atoms with Crippen molar-refractivity contribution in [2.45, 2.75) is 6.42 Å². The van der Waals surface area contributed by atoms with Crippen LogP contribution in [0.4, 0.5) is 10.1 Å². The summed E-state index contributed by atoms with van der Waals surface area (Å²) in [6, 6.07) is 8.88. The summed E-state index contributed by atoms with van der Waals surface area (Å²) in [6.45, 7) is 0. The number of hydrogen-bond donors (Lipinski definition) is 1. The van der Waals surface area contributed by atoms with E-state index in [-0.39, 0.29) is 23.5 Å². The average molecular weight is 298 g/mol. The van der Waals surface area contributed by atoms with Gasteiger partial charge in [-0.1, -0.05) is 29.3 Å². The van der Waals surface area contributed by atoms with Gasteiger partial charge in [-0.05, 0) is 35.9 Å². The zero-order chi connectivity index (χ0) is 14.0. The fourth-order valence-corrected chi connectivity index (χ4v) is 2.12. The second-order valence-electron chi connectivity index (χ2n) is 4.07. The van der Waals surface area contributed by atoms with Crippen molar-refractivity contribution in [3.8, 4) is 0 Å². The maximum atomic E-state index is 13.3. The summed E-state index contributed by atoms with van der Waals surface area (Å²) in [7, 11) is 0. The number of nitrogen functional groups attached to an aromatic ring is 1. The molecule has 0 spiro atoms. The first kappa shape index (κ1) is 13.8. The van der Waals surface area contributed by atoms with Crippen LogP contribution in [0.25, 0.3) is 0 Å². The smallest absolute Gasteiger partial charge is 0.167 e. The van der Waals surface area contributed by atoms with Gasteiger partial charge in [0.25, 0.3) is 0 Å². The van der Waals surface area contributed by atoms with Gasteiger partial charge in [0.2, 0.25) is 0 Å². The highest BCUT2D eigenvalue weighted by Crippen LogP contribution is 2.23. The minimum atomic E-state index is -0.604. The molecule has 0 aliphatic heterocycles. The molecule has 0 atom stereocenters. The Bertz CT molecular complexity index is 643. The highest BCUT2D eigenvalue weighted by Gasteiger charge is 2.11. The van der Waals surface area contributed by atoms with Gasteiger partial charge in [0.1, 0.15) is 5.82 Å². The van der Waals surface area contributed by atoms with Gasteiger partial charge in [-0.2, -0.15) is 0 Å². The first-order valence-electron chi connectivity index (χ1n) is 5.49. The molecule has 2 nitrogen and oxygen atoms in total. The number of halogens is 3. The molecule has 0 aliphatic rings. The molecular weight excluding hydrogens is 288 g/mol. The summed E-state index contributed by atoms with van der Waals surface area (Å²) in [5, 5.41) is 0.913. The summed E-state index contributed by atoms with van der Waals surface area (Å²) in [6.07, 6.45) is 0.0827. The highest BCUT2D eigenvalue weighted by atomic mass is 35.5. The van der Waals surface area contributed by atoms with E-state index in [0.29, 0.717) is 15.6 Å². The predicted octanol–water partition coefficient (Wildman–Crippen LogP) is 4.14. The topological polar surface area (TPSA) is 43.1 Å². The molecule has 0 amide bonds. The van der Waals surface area contributed by atoms with E-state index < -0.39 is 5.82 Å². The maximum absolute atomic E-state index is 13.3. The molecule has 2 aromatic rings. The largest absolute Gasteiger partial charge is 0.396 e. The summed E-state index contributed by atoms with van der Waals surface area (Å²) < 4.78 is 13.3. The fourth-order valence-electron chi connectivity index (χ4n) is 1.64. The Balaban J connectivity index is 2.23. The normalized spacial score (nSPS) is 10.5. The van der Waals surface area contributed by atoms with Gasteiger partial charge < -0.3 is 5.73 Å². The third-order valence-electron chi connectivity index (χ3n) is 2.69. The van der Waals surface area contributed by atoms with Crippen molar-refractivity contribution in [2.75, 3.05) is 5.73 Å². The SMILES string of the molecule is Nc1ccc(C(=O)Cc2ccc(Cl)cc2Cl)cc1F. The van der Waals surface area contributed by atoms with Gasteiger partial charge in [0, 0.05) is 22.0 Å². The van der Waals surface area contributed by atoms with E-state index in [9.17, 15) is 9.18 Å². The standard InChI is InChI=1S/C14H10Cl2FNO/c15-10-3-1-8(11(16)7-10)6-14(19)9-2-4-13(18)12(17)5-9/h1-5,7H,6,18H2. The molecule has 0 fully saturated rings. The van der Waals surface area contributed by atoms with Crippen molar-refractivity contribution in [3.63, 3.8) is 0 Å². The minimum absolute atomic E-state index is 0.0149. The Labute approximate surface area is 119 Å². The molecule has 0 aromatic heterocycles. The monoisotopic (exact) mass is 297 g/mol. The Kier molecular flexibility index (Phi) is 4.08. The van der Waals surface area contributed by atoms with Gasteiger partial charge in [0.15, 0.2) is 5.78 Å². The van der Waals surface area contributed by atoms with Crippen LogP contribution in [0.1, 0.15) is 15.9 Å². The second-order valence-corrected chi connectivity index (χ2v) is 4.92. The molecule has 0 bridgehead atoms. The number of Topliss-reactive ketones (excluding diaryl/α,β-unsaturated/α-hetero) is 1. The van der Waals surface area contributed by atoms with Crippen LogP contribution in [0.3, 0.4) is 0 Å². The fraction of sp³-hybridized carbons (Fsp3) is 0.0714. The number of ketones is 1. The average Bonchev–Trinajstić information content (AvgIpc) is 2.36. The van der Waals surface area contributed by atoms with E-state index in [0.717, 1.165) is 6.07 Å². The minimum Gasteiger partial charge on any atom is -0.396 e. The van der Waals surface area contributed by atoms with Crippen LogP contribution in [-0.2, 0) is 6.42 Å². The van der Waals surface area contributed by atoms with E-state index >= 15 is 0 Å². The quantitative estimate of drug-likeness (QED) is 0.683. The first-order chi connectivity index (χ1) is 8.97. The van der Waals surface area contributed by atoms with Crippen molar-refractivity contribution < 1.29 is 9.18 Å². The third kappa shape index (κ3) is 3.25. The van der Waals surface area contributed by atoms with Gasteiger partial charge in [-0.25, -0.2) is 4.39 Å². The van der Waals surface area contributed by atoms with Gasteiger partial charge in [-0.3, -0.25) is 4.79 Å². The Morgan fingerprint density at radius 3 is 2.53 bits per heavy atom. The number of rotatable bonds is 3. The van der Waals surface area contributed by atoms with Crippen LogP contribution in [0.2, 0.25) is 10.0 Å². The lowest BCUT2D eigenvalue weighted by Gasteiger charge is -2.05. The van der Waals surface area contributed by atoms with E-state index in [1.165, 1.54) is 12.1 Å². The van der Waals surface area contributed by atoms with Crippen LogP contribution >= 0.6 is 23.2 Å². The molecule has 2 rings (SSSR count). The van der Waals surface area contributed by atoms with E-state index in [4.69, 9.17) is 28.9 Å². The Morgan fingerprint density at radius 1 is 1.16 bits per heavy atom. The van der Waals surface area contributed by atoms with Crippen molar-refractivity contribution in [1.29, 1.82) is 0 Å². The van der Waals surface area contributed by atoms with Crippen LogP contribution < -0.4 is 5.73 Å². The number of carbonyl (C=O) groups is 1. The molecule has 0 heterocycles. The number of nitrogens with two attached hydrogens (primary N) is 1. The lowest BCUT2D eigenvalue weighted by atomic mass is 10.0. The van der Waals surface area contributed by atoms with Crippen molar-refractivity contribution in [3.05, 3.63) is 63.4 Å². The maximum Gasteiger partial charge on any atom is 0.167 e. The molecule has 5 heteroatoms. The third-order valence-corrected chi connectivity index (χ3v) is 3.28. The molecule has 2 aromatic carbocycles. The lowest BCUT2D eigenvalue weighted by Crippen LogP contribution is -2.05. The first-order valence-corrected chi connectivity index (χ1v) is 6.25. The molecule has 0 saturated heterocycles. The summed E-state index contributed by atoms with van der Waals surface area (Å²) in [5.41, 5.74) is 6.28. The molecule has 2 N–H and O–H groups in total. The zero-order valence-corrected chi connectivity index (χ0v) is 11.3. The predicted molar refractivity (Wildman–Crippen MR) is 75.3 cm³/mol. The van der Waals surface area contributed by atoms with E-state index in [1.807, 2.05) is 0 Å². The summed E-state index contributed by atoms with van der Waals surface area (Å²) in [5.74, 6) is -0.837. The van der Waals surface area contributed by atoms with Crippen LogP contribution in [0, 0.1) is 5.82 Å². The number of hydrogen-bond acceptors (Lipinski definition) is 2. The van der Waals surface area contributed by atoms with Crippen LogP contribution in [0.15, 0.2) is 36.4 Å². The second kappa shape index (κ2) is 5.59. The number of anilines is 1. The molecular formula is C14H10Cl2FNO. The number of carbonyl (C=O) groups excluding carboxylic acids is 1. The van der Waals surface area contributed by atoms with E-state index in [1.54, 1.807) is 18.2 Å². The molecule has 0 radical (unpaired) electrons. The van der Waals surface area contributed by atoms with Gasteiger partial charge >= 0.3 is 0 Å². The zero-order valence-electron chi connectivity index (χ0n) is 9.79. The molecule has 0 aliphatic carbocycles. The van der Waals surface area contributed by atoms with Crippen molar-refractivity contribution in [2.24, 2.45) is 0 Å². The van der Waals surface area contributed by atoms with Crippen LogP contribution in [-0.4, -0.2) is 5.78 Å². The number of benzene rings is 2. The van der Waals surface area contributed by atoms with Gasteiger partial charge in [0.05, 0.1) is 5.69 Å². The summed E-state index contributed by atoms with van der Waals surface area (Å²) >= 11 is 11.8. The lowest BCUT2D eigenvalue weighted by molar-refractivity contribution is 0.0992. The summed E-state index contributed by atoms with van der Waals surface area (Å²) in [4.78, 5) is 12.0. The van der Waals surface area contributed by atoms with E-state index in [2.05, 4.69) is 0 Å². The van der Waals surface area contributed by atoms with Crippen molar-refractivity contribution in [1.82, 2.24) is 0 Å². The van der Waals surface area contributed by atoms with Crippen LogP contribution in [0.5, 0.6) is 0 Å². The van der Waals surface area contributed by atoms with Crippen molar-refractivity contribution >= 4 is 34.7 Å². The molecule has 0 unspecified atom stereocenters. The van der Waals surface area contributed by atoms with Gasteiger partial charge in [-0.15, -0.1) is 0 Å². The molecule has 0 saturated carbocycles. The Hall–Kier alpha value is -1.58. The Morgan fingerprint density at radius 2 is 1.89 bits per heavy atom. The molecule has 19 heavy (non-hydrogen) atoms. The molecule has 98 valence electrons. The highest BCUT2D eigenvalue weighted by molar-refractivity contribution is 6.35.